The van der Waals surface area contributed by atoms with Crippen molar-refractivity contribution in [2.75, 3.05) is 13.2 Å². The van der Waals surface area contributed by atoms with Crippen LogP contribution in [0.3, 0.4) is 0 Å². The summed E-state index contributed by atoms with van der Waals surface area (Å²) in [6, 6.07) is 13.1. The Hall–Kier alpha value is -2.34. The first-order valence-electron chi connectivity index (χ1n) is 10.4. The van der Waals surface area contributed by atoms with Gasteiger partial charge in [-0.2, -0.15) is 0 Å². The van der Waals surface area contributed by atoms with Gasteiger partial charge < -0.3 is 15.0 Å². The predicted molar refractivity (Wildman–Crippen MR) is 123 cm³/mol. The number of benzene rings is 2. The van der Waals surface area contributed by atoms with Gasteiger partial charge in [0.25, 0.3) is 5.91 Å². The van der Waals surface area contributed by atoms with Crippen molar-refractivity contribution in [1.82, 2.24) is 10.2 Å². The van der Waals surface area contributed by atoms with Crippen molar-refractivity contribution in [2.45, 2.75) is 53.1 Å². The molecule has 0 aromatic heterocycles. The Labute approximate surface area is 187 Å². The summed E-state index contributed by atoms with van der Waals surface area (Å²) in [5.41, 5.74) is 3.16. The first-order chi connectivity index (χ1) is 14.3. The average Bonchev–Trinajstić information content (AvgIpc) is 2.74. The number of aryl methyl sites for hydroxylation is 2. The molecule has 6 heteroatoms. The zero-order valence-electron chi connectivity index (χ0n) is 18.2. The largest absolute Gasteiger partial charge is 0.484 e. The number of carbonyl (C=O) groups excluding carboxylic acids is 2. The van der Waals surface area contributed by atoms with Crippen LogP contribution in [0.4, 0.5) is 0 Å². The molecule has 5 nitrogen and oxygen atoms in total. The van der Waals surface area contributed by atoms with Gasteiger partial charge in [-0.1, -0.05) is 59.6 Å². The molecule has 0 aliphatic carbocycles. The standard InChI is InChI=1S/C24H31BrN2O3/c1-5-13-26-24(29)22(6-2)27(15-19-9-7-17(3)8-10-19)23(28)16-30-20-11-12-21(25)18(4)14-20/h7-12,14,22H,5-6,13,15-16H2,1-4H3,(H,26,29). The van der Waals surface area contributed by atoms with Crippen LogP contribution in [-0.4, -0.2) is 35.9 Å². The SMILES string of the molecule is CCCNC(=O)C(CC)N(Cc1ccc(C)cc1)C(=O)COc1ccc(Br)c(C)c1. The number of rotatable bonds is 10. The first-order valence-corrected chi connectivity index (χ1v) is 11.2. The number of nitrogens with one attached hydrogen (secondary N) is 1. The maximum atomic E-state index is 13.1. The zero-order valence-corrected chi connectivity index (χ0v) is 19.8. The van der Waals surface area contributed by atoms with Crippen LogP contribution in [0, 0.1) is 13.8 Å². The maximum Gasteiger partial charge on any atom is 0.261 e. The van der Waals surface area contributed by atoms with Gasteiger partial charge in [-0.25, -0.2) is 0 Å². The summed E-state index contributed by atoms with van der Waals surface area (Å²) in [5.74, 6) is 0.289. The molecule has 0 saturated heterocycles. The lowest BCUT2D eigenvalue weighted by atomic mass is 10.1. The van der Waals surface area contributed by atoms with Gasteiger partial charge in [-0.3, -0.25) is 9.59 Å². The monoisotopic (exact) mass is 474 g/mol. The van der Waals surface area contributed by atoms with Gasteiger partial charge >= 0.3 is 0 Å². The van der Waals surface area contributed by atoms with Crippen molar-refractivity contribution < 1.29 is 14.3 Å². The quantitative estimate of drug-likeness (QED) is 0.538. The van der Waals surface area contributed by atoms with Gasteiger partial charge in [0.15, 0.2) is 6.61 Å². The molecule has 0 radical (unpaired) electrons. The predicted octanol–water partition coefficient (Wildman–Crippen LogP) is 4.78. The van der Waals surface area contributed by atoms with Gasteiger partial charge in [0, 0.05) is 17.6 Å². The lowest BCUT2D eigenvalue weighted by Gasteiger charge is -2.30. The van der Waals surface area contributed by atoms with E-state index >= 15 is 0 Å². The van der Waals surface area contributed by atoms with E-state index in [1.807, 2.05) is 70.2 Å². The number of hydrogen-bond donors (Lipinski definition) is 1. The molecule has 1 unspecified atom stereocenters. The number of halogens is 1. The summed E-state index contributed by atoms with van der Waals surface area (Å²) in [5, 5.41) is 2.92. The Balaban J connectivity index is 2.18. The molecule has 0 bridgehead atoms. The molecule has 0 spiro atoms. The van der Waals surface area contributed by atoms with Crippen LogP contribution in [0.2, 0.25) is 0 Å². The third-order valence-electron chi connectivity index (χ3n) is 4.90. The molecule has 2 aromatic rings. The Morgan fingerprint density at radius 1 is 1.10 bits per heavy atom. The fourth-order valence-corrected chi connectivity index (χ4v) is 3.36. The molecule has 1 N–H and O–H groups in total. The minimum atomic E-state index is -0.541. The number of hydrogen-bond acceptors (Lipinski definition) is 3. The van der Waals surface area contributed by atoms with Crippen molar-refractivity contribution in [1.29, 1.82) is 0 Å². The van der Waals surface area contributed by atoms with Crippen LogP contribution in [0.5, 0.6) is 5.75 Å². The minimum Gasteiger partial charge on any atom is -0.484 e. The van der Waals surface area contributed by atoms with E-state index in [0.717, 1.165) is 27.6 Å². The molecular weight excluding hydrogens is 444 g/mol. The topological polar surface area (TPSA) is 58.6 Å². The second-order valence-electron chi connectivity index (χ2n) is 7.42. The maximum absolute atomic E-state index is 13.1. The molecule has 0 aliphatic heterocycles. The van der Waals surface area contributed by atoms with Crippen molar-refractivity contribution in [2.24, 2.45) is 0 Å². The van der Waals surface area contributed by atoms with Gasteiger partial charge in [-0.05, 0) is 56.0 Å². The normalized spacial score (nSPS) is 11.6. The van der Waals surface area contributed by atoms with Crippen LogP contribution < -0.4 is 10.1 Å². The molecule has 1 atom stereocenters. The number of nitrogens with zero attached hydrogens (tertiary/aromatic N) is 1. The third-order valence-corrected chi connectivity index (χ3v) is 5.79. The molecule has 0 aliphatic rings. The summed E-state index contributed by atoms with van der Waals surface area (Å²) >= 11 is 3.46. The van der Waals surface area contributed by atoms with Crippen molar-refractivity contribution in [3.8, 4) is 5.75 Å². The second kappa shape index (κ2) is 11.7. The summed E-state index contributed by atoms with van der Waals surface area (Å²) < 4.78 is 6.74. The highest BCUT2D eigenvalue weighted by atomic mass is 79.9. The molecule has 0 fully saturated rings. The Morgan fingerprint density at radius 3 is 2.40 bits per heavy atom. The Bertz CT molecular complexity index is 852. The van der Waals surface area contributed by atoms with E-state index in [-0.39, 0.29) is 18.4 Å². The highest BCUT2D eigenvalue weighted by Gasteiger charge is 2.28. The summed E-state index contributed by atoms with van der Waals surface area (Å²) in [6.07, 6.45) is 1.38. The summed E-state index contributed by atoms with van der Waals surface area (Å²) in [6.45, 7) is 8.75. The van der Waals surface area contributed by atoms with Crippen LogP contribution in [0.15, 0.2) is 46.9 Å². The van der Waals surface area contributed by atoms with E-state index in [2.05, 4.69) is 21.2 Å². The fourth-order valence-electron chi connectivity index (χ4n) is 3.11. The molecular formula is C24H31BrN2O3. The molecule has 0 heterocycles. The summed E-state index contributed by atoms with van der Waals surface area (Å²) in [4.78, 5) is 27.5. The average molecular weight is 475 g/mol. The highest BCUT2D eigenvalue weighted by Crippen LogP contribution is 2.22. The van der Waals surface area contributed by atoms with E-state index in [1.54, 1.807) is 4.90 Å². The van der Waals surface area contributed by atoms with E-state index in [0.29, 0.717) is 25.3 Å². The van der Waals surface area contributed by atoms with E-state index in [9.17, 15) is 9.59 Å². The van der Waals surface area contributed by atoms with E-state index in [4.69, 9.17) is 4.74 Å². The van der Waals surface area contributed by atoms with Gasteiger partial charge in [0.1, 0.15) is 11.8 Å². The van der Waals surface area contributed by atoms with Crippen LogP contribution in [0.25, 0.3) is 0 Å². The molecule has 2 amide bonds. The molecule has 2 rings (SSSR count). The van der Waals surface area contributed by atoms with Gasteiger partial charge in [0.05, 0.1) is 0 Å². The molecule has 162 valence electrons. The zero-order chi connectivity index (χ0) is 22.1. The third kappa shape index (κ3) is 6.87. The lowest BCUT2D eigenvalue weighted by Crippen LogP contribution is -2.50. The fraction of sp³-hybridized carbons (Fsp3) is 0.417. The first kappa shape index (κ1) is 23.9. The minimum absolute atomic E-state index is 0.121. The van der Waals surface area contributed by atoms with Gasteiger partial charge in [0.2, 0.25) is 5.91 Å². The van der Waals surface area contributed by atoms with E-state index < -0.39 is 6.04 Å². The Morgan fingerprint density at radius 2 is 1.80 bits per heavy atom. The van der Waals surface area contributed by atoms with Crippen LogP contribution >= 0.6 is 15.9 Å². The lowest BCUT2D eigenvalue weighted by molar-refractivity contribution is -0.143. The molecule has 30 heavy (non-hydrogen) atoms. The van der Waals surface area contributed by atoms with Crippen molar-refractivity contribution in [3.05, 3.63) is 63.6 Å². The van der Waals surface area contributed by atoms with Crippen molar-refractivity contribution >= 4 is 27.7 Å². The highest BCUT2D eigenvalue weighted by molar-refractivity contribution is 9.10. The smallest absolute Gasteiger partial charge is 0.261 e. The second-order valence-corrected chi connectivity index (χ2v) is 8.28. The van der Waals surface area contributed by atoms with Crippen LogP contribution in [0.1, 0.15) is 43.4 Å². The van der Waals surface area contributed by atoms with Crippen molar-refractivity contribution in [3.63, 3.8) is 0 Å². The summed E-state index contributed by atoms with van der Waals surface area (Å²) in [7, 11) is 0. The van der Waals surface area contributed by atoms with Gasteiger partial charge in [-0.15, -0.1) is 0 Å². The number of carbonyl (C=O) groups is 2. The van der Waals surface area contributed by atoms with Crippen LogP contribution in [-0.2, 0) is 16.1 Å². The Kier molecular flexibility index (Phi) is 9.37. The number of ether oxygens (including phenoxy) is 1. The number of amides is 2. The molecule has 2 aromatic carbocycles. The van der Waals surface area contributed by atoms with E-state index in [1.165, 1.54) is 0 Å². The molecule has 0 saturated carbocycles.